The molecule has 0 radical (unpaired) electrons. The number of anilines is 3. The van der Waals surface area contributed by atoms with E-state index >= 15 is 0 Å². The van der Waals surface area contributed by atoms with Gasteiger partial charge in [-0.25, -0.2) is 4.98 Å². The Bertz CT molecular complexity index is 1390. The van der Waals surface area contributed by atoms with Crippen LogP contribution in [0, 0.1) is 11.3 Å². The van der Waals surface area contributed by atoms with Crippen molar-refractivity contribution in [3.63, 3.8) is 0 Å². The molecule has 8 N–H and O–H groups in total. The van der Waals surface area contributed by atoms with Gasteiger partial charge in [-0.1, -0.05) is 38.1 Å². The summed E-state index contributed by atoms with van der Waals surface area (Å²) in [6, 6.07) is 11.9. The van der Waals surface area contributed by atoms with Crippen molar-refractivity contribution in [3.8, 4) is 11.3 Å². The number of hydrogen-bond donors (Lipinski definition) is 6. The van der Waals surface area contributed by atoms with Gasteiger partial charge in [-0.05, 0) is 37.6 Å². The molecule has 1 heterocycles. The second-order valence-electron chi connectivity index (χ2n) is 9.52. The Kier molecular flexibility index (Phi) is 8.85. The molecule has 0 atom stereocenters. The molecule has 2 amide bonds. The monoisotopic (exact) mass is 518 g/mol. The number of nitrogens with zero attached hydrogens (tertiary/aromatic N) is 2. The van der Waals surface area contributed by atoms with Crippen LogP contribution in [0.3, 0.4) is 0 Å². The SMILES string of the molecule is CC(C)Nc1ncc(-c2ccc(NC(=O)C(C)C)cc2N)n(CC(=O)NCc2ccc(C(=N)N)cc2)c1=O. The number of rotatable bonds is 10. The highest BCUT2D eigenvalue weighted by molar-refractivity contribution is 5.95. The number of carbonyl (C=O) groups is 2. The van der Waals surface area contributed by atoms with E-state index in [9.17, 15) is 14.4 Å². The van der Waals surface area contributed by atoms with Crippen LogP contribution in [-0.2, 0) is 22.7 Å². The first kappa shape index (κ1) is 27.9. The largest absolute Gasteiger partial charge is 0.398 e. The highest BCUT2D eigenvalue weighted by Gasteiger charge is 2.18. The number of benzene rings is 2. The summed E-state index contributed by atoms with van der Waals surface area (Å²) in [5.74, 6) is -0.643. The average molecular weight is 519 g/mol. The van der Waals surface area contributed by atoms with E-state index in [0.717, 1.165) is 5.56 Å². The minimum absolute atomic E-state index is 0.0365. The molecule has 38 heavy (non-hydrogen) atoms. The highest BCUT2D eigenvalue weighted by atomic mass is 16.2. The van der Waals surface area contributed by atoms with Crippen LogP contribution in [0.2, 0.25) is 0 Å². The van der Waals surface area contributed by atoms with Gasteiger partial charge in [0.05, 0.1) is 11.9 Å². The smallest absolute Gasteiger partial charge is 0.294 e. The summed E-state index contributed by atoms with van der Waals surface area (Å²) in [6.07, 6.45) is 1.50. The molecule has 0 aliphatic heterocycles. The van der Waals surface area contributed by atoms with Crippen LogP contribution in [0.1, 0.15) is 38.8 Å². The van der Waals surface area contributed by atoms with Crippen LogP contribution < -0.4 is 33.0 Å². The maximum Gasteiger partial charge on any atom is 0.294 e. The van der Waals surface area contributed by atoms with Crippen molar-refractivity contribution in [2.24, 2.45) is 11.7 Å². The molecule has 3 rings (SSSR count). The van der Waals surface area contributed by atoms with E-state index in [1.807, 2.05) is 13.8 Å². The lowest BCUT2D eigenvalue weighted by Crippen LogP contribution is -2.35. The average Bonchev–Trinajstić information content (AvgIpc) is 2.85. The molecule has 200 valence electrons. The van der Waals surface area contributed by atoms with Crippen LogP contribution in [-0.4, -0.2) is 33.2 Å². The van der Waals surface area contributed by atoms with Crippen molar-refractivity contribution in [1.82, 2.24) is 14.9 Å². The number of amides is 2. The highest BCUT2D eigenvalue weighted by Crippen LogP contribution is 2.28. The first-order chi connectivity index (χ1) is 18.0. The fourth-order valence-corrected chi connectivity index (χ4v) is 3.59. The van der Waals surface area contributed by atoms with Crippen LogP contribution in [0.25, 0.3) is 11.3 Å². The number of nitrogens with one attached hydrogen (secondary N) is 4. The van der Waals surface area contributed by atoms with E-state index < -0.39 is 5.56 Å². The molecule has 1 aromatic heterocycles. The third kappa shape index (κ3) is 6.96. The van der Waals surface area contributed by atoms with Crippen molar-refractivity contribution >= 4 is 34.8 Å². The van der Waals surface area contributed by atoms with Crippen molar-refractivity contribution in [2.45, 2.75) is 46.8 Å². The molecule has 11 heteroatoms. The van der Waals surface area contributed by atoms with Gasteiger partial charge in [0, 0.05) is 41.0 Å². The third-order valence-electron chi connectivity index (χ3n) is 5.66. The van der Waals surface area contributed by atoms with Crippen LogP contribution in [0.5, 0.6) is 0 Å². The third-order valence-corrected chi connectivity index (χ3v) is 5.66. The van der Waals surface area contributed by atoms with Gasteiger partial charge in [-0.2, -0.15) is 0 Å². The first-order valence-corrected chi connectivity index (χ1v) is 12.2. The zero-order chi connectivity index (χ0) is 28.0. The van der Waals surface area contributed by atoms with E-state index in [4.69, 9.17) is 16.9 Å². The lowest BCUT2D eigenvalue weighted by Gasteiger charge is -2.18. The Morgan fingerprint density at radius 1 is 1.08 bits per heavy atom. The normalized spacial score (nSPS) is 10.9. The van der Waals surface area contributed by atoms with Gasteiger partial charge in [0.1, 0.15) is 12.4 Å². The maximum atomic E-state index is 13.3. The molecule has 0 aliphatic rings. The molecule has 0 spiro atoms. The molecule has 0 fully saturated rings. The van der Waals surface area contributed by atoms with Crippen molar-refractivity contribution < 1.29 is 9.59 Å². The van der Waals surface area contributed by atoms with Crippen molar-refractivity contribution in [2.75, 3.05) is 16.4 Å². The molecular formula is C27H34N8O3. The molecule has 0 saturated carbocycles. The lowest BCUT2D eigenvalue weighted by molar-refractivity contribution is -0.122. The summed E-state index contributed by atoms with van der Waals surface area (Å²) in [4.78, 5) is 42.6. The number of amidine groups is 1. The second-order valence-corrected chi connectivity index (χ2v) is 9.52. The second kappa shape index (κ2) is 12.0. The first-order valence-electron chi connectivity index (χ1n) is 12.2. The number of aromatic nitrogens is 2. The molecular weight excluding hydrogens is 484 g/mol. The van der Waals surface area contributed by atoms with Gasteiger partial charge < -0.3 is 27.4 Å². The van der Waals surface area contributed by atoms with E-state index in [1.165, 1.54) is 10.8 Å². The van der Waals surface area contributed by atoms with Crippen LogP contribution in [0.4, 0.5) is 17.2 Å². The van der Waals surface area contributed by atoms with Gasteiger partial charge >= 0.3 is 0 Å². The van der Waals surface area contributed by atoms with Gasteiger partial charge in [-0.3, -0.25) is 24.4 Å². The Balaban J connectivity index is 1.89. The topological polar surface area (TPSA) is 181 Å². The molecule has 0 aliphatic carbocycles. The minimum Gasteiger partial charge on any atom is -0.398 e. The number of carbonyl (C=O) groups excluding carboxylic acids is 2. The fraction of sp³-hybridized carbons (Fsp3) is 0.296. The van der Waals surface area contributed by atoms with Crippen molar-refractivity contribution in [3.05, 3.63) is 70.1 Å². The minimum atomic E-state index is -0.464. The zero-order valence-corrected chi connectivity index (χ0v) is 22.0. The summed E-state index contributed by atoms with van der Waals surface area (Å²) >= 11 is 0. The number of hydrogen-bond acceptors (Lipinski definition) is 7. The zero-order valence-electron chi connectivity index (χ0n) is 22.0. The van der Waals surface area contributed by atoms with Gasteiger partial charge in [0.2, 0.25) is 11.8 Å². The summed E-state index contributed by atoms with van der Waals surface area (Å²) in [5, 5.41) is 16.1. The van der Waals surface area contributed by atoms with Crippen LogP contribution >= 0.6 is 0 Å². The Morgan fingerprint density at radius 2 is 1.76 bits per heavy atom. The Labute approximate surface area is 221 Å². The molecule has 3 aromatic rings. The summed E-state index contributed by atoms with van der Waals surface area (Å²) in [5.41, 5.74) is 14.4. The molecule has 2 aromatic carbocycles. The standard InChI is InChI=1S/C27H34N8O3/c1-15(2)26(37)34-19-9-10-20(21(28)11-19)22-13-32-25(33-16(3)4)27(38)35(22)14-23(36)31-12-17-5-7-18(8-6-17)24(29)30/h5-11,13,15-16H,12,14,28H2,1-4H3,(H3,29,30)(H,31,36)(H,32,33)(H,34,37). The van der Waals surface area contributed by atoms with Crippen LogP contribution in [0.15, 0.2) is 53.5 Å². The molecule has 11 nitrogen and oxygen atoms in total. The van der Waals surface area contributed by atoms with E-state index in [-0.39, 0.29) is 48.5 Å². The lowest BCUT2D eigenvalue weighted by atomic mass is 10.1. The predicted molar refractivity (Wildman–Crippen MR) is 150 cm³/mol. The summed E-state index contributed by atoms with van der Waals surface area (Å²) in [7, 11) is 0. The maximum absolute atomic E-state index is 13.3. The fourth-order valence-electron chi connectivity index (χ4n) is 3.59. The molecule has 0 unspecified atom stereocenters. The van der Waals surface area contributed by atoms with Gasteiger partial charge in [0.25, 0.3) is 5.56 Å². The van der Waals surface area contributed by atoms with Gasteiger partial charge in [-0.15, -0.1) is 0 Å². The summed E-state index contributed by atoms with van der Waals surface area (Å²) < 4.78 is 1.32. The van der Waals surface area contributed by atoms with Gasteiger partial charge in [0.15, 0.2) is 5.82 Å². The molecule has 0 saturated heterocycles. The summed E-state index contributed by atoms with van der Waals surface area (Å²) in [6.45, 7) is 7.31. The van der Waals surface area contributed by atoms with E-state index in [1.54, 1.807) is 56.3 Å². The van der Waals surface area contributed by atoms with Crippen molar-refractivity contribution in [1.29, 1.82) is 5.41 Å². The Morgan fingerprint density at radius 3 is 2.34 bits per heavy atom. The van der Waals surface area contributed by atoms with E-state index in [0.29, 0.717) is 28.2 Å². The molecule has 0 bridgehead atoms. The van der Waals surface area contributed by atoms with E-state index in [2.05, 4.69) is 20.9 Å². The predicted octanol–water partition coefficient (Wildman–Crippen LogP) is 2.51. The Hall–Kier alpha value is -4.67. The number of nitrogens with two attached hydrogens (primary N) is 2. The quantitative estimate of drug-likeness (QED) is 0.135. The number of nitrogen functional groups attached to an aromatic ring is 2.